The van der Waals surface area contributed by atoms with Crippen LogP contribution in [0, 0.1) is 17.2 Å². The molecule has 5 heteroatoms. The molecular weight excluding hydrogens is 266 g/mol. The number of aromatic amines is 1. The van der Waals surface area contributed by atoms with Gasteiger partial charge in [-0.3, -0.25) is 4.79 Å². The first-order valence-corrected chi connectivity index (χ1v) is 6.88. The summed E-state index contributed by atoms with van der Waals surface area (Å²) < 4.78 is 1.51. The minimum atomic E-state index is -0.236. The number of aldehydes is 1. The van der Waals surface area contributed by atoms with Gasteiger partial charge in [0.1, 0.15) is 6.29 Å². The number of aromatic nitrogens is 2. The largest absolute Gasteiger partial charge is 0.303 e. The lowest BCUT2D eigenvalue weighted by Crippen LogP contribution is -2.28. The molecule has 1 N–H and O–H groups in total. The molecule has 0 aliphatic heterocycles. The van der Waals surface area contributed by atoms with E-state index in [1.807, 2.05) is 13.0 Å². The number of carbonyl (C=O) groups excluding carboxylic acids is 1. The SMILES string of the molecule is CCC(C(C)C=O)n1[nH]cc(-c2ccc(C#N)cc2)c1=O. The van der Waals surface area contributed by atoms with Crippen molar-refractivity contribution in [2.24, 2.45) is 5.92 Å². The molecule has 1 aromatic heterocycles. The number of benzene rings is 1. The third-order valence-electron chi connectivity index (χ3n) is 3.69. The second-order valence-electron chi connectivity index (χ2n) is 5.02. The zero-order valence-electron chi connectivity index (χ0n) is 12.0. The number of rotatable bonds is 5. The first kappa shape index (κ1) is 14.8. The molecule has 0 bridgehead atoms. The molecule has 0 saturated carbocycles. The van der Waals surface area contributed by atoms with Crippen molar-refractivity contribution in [2.45, 2.75) is 26.3 Å². The Balaban J connectivity index is 2.42. The molecule has 0 aliphatic rings. The van der Waals surface area contributed by atoms with Crippen LogP contribution in [0.1, 0.15) is 31.9 Å². The van der Waals surface area contributed by atoms with Gasteiger partial charge >= 0.3 is 0 Å². The van der Waals surface area contributed by atoms with E-state index in [2.05, 4.69) is 5.10 Å². The third-order valence-corrected chi connectivity index (χ3v) is 3.69. The predicted octanol–water partition coefficient (Wildman–Crippen LogP) is 2.50. The van der Waals surface area contributed by atoms with Crippen LogP contribution in [0.2, 0.25) is 0 Å². The van der Waals surface area contributed by atoms with Gasteiger partial charge in [0, 0.05) is 12.1 Å². The molecule has 21 heavy (non-hydrogen) atoms. The Morgan fingerprint density at radius 3 is 2.57 bits per heavy atom. The molecule has 108 valence electrons. The minimum absolute atomic E-state index is 0.153. The summed E-state index contributed by atoms with van der Waals surface area (Å²) in [4.78, 5) is 23.5. The molecule has 2 unspecified atom stereocenters. The van der Waals surface area contributed by atoms with Crippen LogP contribution in [0.3, 0.4) is 0 Å². The fourth-order valence-electron chi connectivity index (χ4n) is 2.44. The second kappa shape index (κ2) is 6.23. The molecule has 2 rings (SSSR count). The number of nitrogens with one attached hydrogen (secondary N) is 1. The monoisotopic (exact) mass is 283 g/mol. The van der Waals surface area contributed by atoms with Crippen LogP contribution in [0.4, 0.5) is 0 Å². The standard InChI is InChI=1S/C16H17N3O2/c1-3-15(11(2)10-20)19-16(21)14(9-18-19)13-6-4-12(8-17)5-7-13/h4-7,9-11,15,18H,3H2,1-2H3. The molecule has 2 atom stereocenters. The number of nitrogens with zero attached hydrogens (tertiary/aromatic N) is 2. The number of nitriles is 1. The summed E-state index contributed by atoms with van der Waals surface area (Å²) in [5, 5.41) is 11.7. The molecular formula is C16H17N3O2. The van der Waals surface area contributed by atoms with Crippen LogP contribution < -0.4 is 5.56 Å². The highest BCUT2D eigenvalue weighted by Crippen LogP contribution is 2.21. The van der Waals surface area contributed by atoms with Crippen LogP contribution in [0.25, 0.3) is 11.1 Å². The molecule has 0 amide bonds. The first-order valence-electron chi connectivity index (χ1n) is 6.88. The molecule has 1 heterocycles. The molecule has 0 fully saturated rings. The molecule has 0 saturated heterocycles. The summed E-state index contributed by atoms with van der Waals surface area (Å²) >= 11 is 0. The van der Waals surface area contributed by atoms with Gasteiger partial charge in [0.25, 0.3) is 5.56 Å². The van der Waals surface area contributed by atoms with Gasteiger partial charge < -0.3 is 9.89 Å². The summed E-state index contributed by atoms with van der Waals surface area (Å²) in [5.74, 6) is -0.236. The van der Waals surface area contributed by atoms with Crippen LogP contribution in [0.5, 0.6) is 0 Å². The van der Waals surface area contributed by atoms with Gasteiger partial charge in [0.05, 0.1) is 23.2 Å². The van der Waals surface area contributed by atoms with Crippen molar-refractivity contribution in [1.29, 1.82) is 5.26 Å². The van der Waals surface area contributed by atoms with Crippen molar-refractivity contribution in [3.63, 3.8) is 0 Å². The van der Waals surface area contributed by atoms with E-state index in [0.717, 1.165) is 11.8 Å². The Bertz CT molecular complexity index is 719. The molecule has 0 aliphatic carbocycles. The van der Waals surface area contributed by atoms with Gasteiger partial charge in [-0.1, -0.05) is 26.0 Å². The number of hydrogen-bond donors (Lipinski definition) is 1. The molecule has 0 spiro atoms. The fraction of sp³-hybridized carbons (Fsp3) is 0.312. The van der Waals surface area contributed by atoms with Gasteiger partial charge in [-0.2, -0.15) is 5.26 Å². The summed E-state index contributed by atoms with van der Waals surface area (Å²) in [6.45, 7) is 3.75. The van der Waals surface area contributed by atoms with E-state index in [-0.39, 0.29) is 17.5 Å². The van der Waals surface area contributed by atoms with Crippen molar-refractivity contribution < 1.29 is 4.79 Å². The fourth-order valence-corrected chi connectivity index (χ4v) is 2.44. The van der Waals surface area contributed by atoms with Crippen molar-refractivity contribution in [2.75, 3.05) is 0 Å². The highest BCUT2D eigenvalue weighted by atomic mass is 16.1. The summed E-state index contributed by atoms with van der Waals surface area (Å²) in [6.07, 6.45) is 3.19. The van der Waals surface area contributed by atoms with Crippen LogP contribution >= 0.6 is 0 Å². The van der Waals surface area contributed by atoms with E-state index < -0.39 is 0 Å². The van der Waals surface area contributed by atoms with E-state index in [1.54, 1.807) is 37.4 Å². The van der Waals surface area contributed by atoms with E-state index in [0.29, 0.717) is 17.5 Å². The van der Waals surface area contributed by atoms with Crippen molar-refractivity contribution in [3.8, 4) is 17.2 Å². The van der Waals surface area contributed by atoms with Gasteiger partial charge in [0.2, 0.25) is 0 Å². The lowest BCUT2D eigenvalue weighted by atomic mass is 10.0. The quantitative estimate of drug-likeness (QED) is 0.856. The third kappa shape index (κ3) is 2.79. The van der Waals surface area contributed by atoms with E-state index in [9.17, 15) is 9.59 Å². The Morgan fingerprint density at radius 1 is 1.38 bits per heavy atom. The first-order chi connectivity index (χ1) is 10.1. The topological polar surface area (TPSA) is 78.7 Å². The molecule has 2 aromatic rings. The van der Waals surface area contributed by atoms with E-state index in [4.69, 9.17) is 5.26 Å². The van der Waals surface area contributed by atoms with Crippen molar-refractivity contribution in [1.82, 2.24) is 9.78 Å². The average Bonchev–Trinajstić information content (AvgIpc) is 2.90. The Labute approximate surface area is 122 Å². The lowest BCUT2D eigenvalue weighted by Gasteiger charge is -2.18. The number of hydrogen-bond acceptors (Lipinski definition) is 3. The van der Waals surface area contributed by atoms with Crippen molar-refractivity contribution >= 4 is 6.29 Å². The summed E-state index contributed by atoms with van der Waals surface area (Å²) in [7, 11) is 0. The summed E-state index contributed by atoms with van der Waals surface area (Å²) in [6, 6.07) is 8.72. The van der Waals surface area contributed by atoms with Gasteiger partial charge in [-0.05, 0) is 24.1 Å². The van der Waals surface area contributed by atoms with Crippen LogP contribution in [-0.4, -0.2) is 16.1 Å². The zero-order valence-corrected chi connectivity index (χ0v) is 12.0. The van der Waals surface area contributed by atoms with E-state index in [1.165, 1.54) is 4.68 Å². The maximum Gasteiger partial charge on any atom is 0.274 e. The van der Waals surface area contributed by atoms with E-state index >= 15 is 0 Å². The van der Waals surface area contributed by atoms with Crippen LogP contribution in [0.15, 0.2) is 35.3 Å². The Hall–Kier alpha value is -2.61. The molecule has 1 aromatic carbocycles. The van der Waals surface area contributed by atoms with Crippen LogP contribution in [-0.2, 0) is 4.79 Å². The highest BCUT2D eigenvalue weighted by molar-refractivity contribution is 5.62. The minimum Gasteiger partial charge on any atom is -0.303 e. The highest BCUT2D eigenvalue weighted by Gasteiger charge is 2.20. The number of carbonyl (C=O) groups is 1. The maximum atomic E-state index is 12.5. The average molecular weight is 283 g/mol. The molecule has 0 radical (unpaired) electrons. The summed E-state index contributed by atoms with van der Waals surface area (Å²) in [5.41, 5.74) is 1.69. The maximum absolute atomic E-state index is 12.5. The zero-order chi connectivity index (χ0) is 15.4. The Morgan fingerprint density at radius 2 is 2.05 bits per heavy atom. The predicted molar refractivity (Wildman–Crippen MR) is 79.8 cm³/mol. The Kier molecular flexibility index (Phi) is 4.39. The van der Waals surface area contributed by atoms with Gasteiger partial charge in [-0.25, -0.2) is 4.68 Å². The number of H-pyrrole nitrogens is 1. The normalized spacial score (nSPS) is 13.4. The lowest BCUT2D eigenvalue weighted by molar-refractivity contribution is -0.111. The molecule has 5 nitrogen and oxygen atoms in total. The smallest absolute Gasteiger partial charge is 0.274 e. The van der Waals surface area contributed by atoms with Gasteiger partial charge in [-0.15, -0.1) is 0 Å². The second-order valence-corrected chi connectivity index (χ2v) is 5.02. The van der Waals surface area contributed by atoms with Gasteiger partial charge in [0.15, 0.2) is 0 Å². The van der Waals surface area contributed by atoms with Crippen molar-refractivity contribution in [3.05, 3.63) is 46.4 Å².